The number of aromatic nitrogens is 2. The zero-order valence-corrected chi connectivity index (χ0v) is 8.30. The van der Waals surface area contributed by atoms with Crippen molar-refractivity contribution in [3.63, 3.8) is 0 Å². The lowest BCUT2D eigenvalue weighted by atomic mass is 10.1. The monoisotopic (exact) mass is 208 g/mol. The summed E-state index contributed by atoms with van der Waals surface area (Å²) in [5.74, 6) is 0.712. The third-order valence-corrected chi connectivity index (χ3v) is 3.14. The quantitative estimate of drug-likeness (QED) is 0.614. The number of nitrogens with zero attached hydrogens (tertiary/aromatic N) is 4. The highest BCUT2D eigenvalue weighted by Crippen LogP contribution is 2.26. The van der Waals surface area contributed by atoms with Gasteiger partial charge in [-0.25, -0.2) is 0 Å². The van der Waals surface area contributed by atoms with Gasteiger partial charge in [0.2, 0.25) is 6.29 Å². The summed E-state index contributed by atoms with van der Waals surface area (Å²) >= 11 is 0. The van der Waals surface area contributed by atoms with Crippen molar-refractivity contribution in [3.8, 4) is 0 Å². The third-order valence-electron chi connectivity index (χ3n) is 3.14. The molecular weight excluding hydrogens is 196 g/mol. The molecular formula is C9H12N4O2. The molecule has 3 saturated heterocycles. The van der Waals surface area contributed by atoms with E-state index in [-0.39, 0.29) is 11.9 Å². The van der Waals surface area contributed by atoms with Crippen LogP contribution in [0.1, 0.15) is 22.6 Å². The Hall–Kier alpha value is -1.27. The molecule has 4 heterocycles. The highest BCUT2D eigenvalue weighted by Gasteiger charge is 2.35. The number of aldehydes is 1. The second-order valence-electron chi connectivity index (χ2n) is 3.96. The number of fused-ring (bicyclic) bond motifs is 3. The van der Waals surface area contributed by atoms with Crippen molar-refractivity contribution >= 4 is 6.29 Å². The number of rotatable bonds is 2. The van der Waals surface area contributed by atoms with Gasteiger partial charge >= 0.3 is 0 Å². The minimum Gasteiger partial charge on any atom is -0.331 e. The van der Waals surface area contributed by atoms with Crippen molar-refractivity contribution in [2.75, 3.05) is 32.7 Å². The van der Waals surface area contributed by atoms with Crippen LogP contribution in [0.25, 0.3) is 0 Å². The van der Waals surface area contributed by atoms with E-state index in [2.05, 4.69) is 19.9 Å². The Kier molecular flexibility index (Phi) is 2.03. The summed E-state index contributed by atoms with van der Waals surface area (Å²) < 4.78 is 4.80. The van der Waals surface area contributed by atoms with E-state index in [1.165, 1.54) is 0 Å². The van der Waals surface area contributed by atoms with Crippen LogP contribution in [0.5, 0.6) is 0 Å². The molecule has 80 valence electrons. The molecule has 0 amide bonds. The minimum absolute atomic E-state index is 0.0719. The fraction of sp³-hybridized carbons (Fsp3) is 0.667. The van der Waals surface area contributed by atoms with Crippen LogP contribution in [0.15, 0.2) is 4.52 Å². The predicted octanol–water partition coefficient (Wildman–Crippen LogP) is -0.446. The Bertz CT molecular complexity index is 370. The van der Waals surface area contributed by atoms with Gasteiger partial charge in [-0.15, -0.1) is 0 Å². The molecule has 1 atom stereocenters. The third kappa shape index (κ3) is 1.46. The van der Waals surface area contributed by atoms with Crippen molar-refractivity contribution in [3.05, 3.63) is 11.7 Å². The summed E-state index contributed by atoms with van der Waals surface area (Å²) in [6.45, 7) is 5.28. The molecule has 3 fully saturated rings. The van der Waals surface area contributed by atoms with Gasteiger partial charge in [0.1, 0.15) is 0 Å². The van der Waals surface area contributed by atoms with Gasteiger partial charge in [0.15, 0.2) is 5.82 Å². The Balaban J connectivity index is 1.84. The topological polar surface area (TPSA) is 62.5 Å². The van der Waals surface area contributed by atoms with E-state index in [4.69, 9.17) is 4.52 Å². The lowest BCUT2D eigenvalue weighted by Gasteiger charge is -2.46. The number of piperazine rings is 3. The van der Waals surface area contributed by atoms with E-state index < -0.39 is 0 Å². The lowest BCUT2D eigenvalue weighted by molar-refractivity contribution is 0.00781. The fourth-order valence-corrected chi connectivity index (χ4v) is 2.29. The zero-order valence-electron chi connectivity index (χ0n) is 8.30. The maximum absolute atomic E-state index is 10.4. The van der Waals surface area contributed by atoms with E-state index in [9.17, 15) is 4.79 Å². The highest BCUT2D eigenvalue weighted by molar-refractivity contribution is 5.66. The van der Waals surface area contributed by atoms with E-state index in [0.717, 1.165) is 32.7 Å². The molecule has 6 nitrogen and oxygen atoms in total. The number of carbonyl (C=O) groups is 1. The zero-order chi connectivity index (χ0) is 10.3. The number of hydrogen-bond acceptors (Lipinski definition) is 6. The van der Waals surface area contributed by atoms with E-state index in [1.54, 1.807) is 0 Å². The molecule has 15 heavy (non-hydrogen) atoms. The van der Waals surface area contributed by atoms with Crippen LogP contribution in [-0.2, 0) is 0 Å². The maximum atomic E-state index is 10.4. The van der Waals surface area contributed by atoms with Gasteiger partial charge in [-0.05, 0) is 0 Å². The second-order valence-corrected chi connectivity index (χ2v) is 3.96. The average molecular weight is 208 g/mol. The second kappa shape index (κ2) is 3.39. The van der Waals surface area contributed by atoms with Crippen LogP contribution < -0.4 is 0 Å². The van der Waals surface area contributed by atoms with Crippen molar-refractivity contribution in [2.24, 2.45) is 0 Å². The first-order valence-corrected chi connectivity index (χ1v) is 5.12. The minimum atomic E-state index is 0.0719. The van der Waals surface area contributed by atoms with Crippen LogP contribution in [0.2, 0.25) is 0 Å². The molecule has 2 bridgehead atoms. The van der Waals surface area contributed by atoms with Crippen molar-refractivity contribution in [1.29, 1.82) is 0 Å². The van der Waals surface area contributed by atoms with Gasteiger partial charge < -0.3 is 4.52 Å². The molecule has 1 aromatic heterocycles. The summed E-state index contributed by atoms with van der Waals surface area (Å²) in [5, 5.41) is 3.84. The summed E-state index contributed by atoms with van der Waals surface area (Å²) in [4.78, 5) is 19.2. The van der Waals surface area contributed by atoms with Gasteiger partial charge in [0.05, 0.1) is 6.04 Å². The Labute approximate surface area is 86.8 Å². The maximum Gasteiger partial charge on any atom is 0.290 e. The summed E-state index contributed by atoms with van der Waals surface area (Å²) in [5.41, 5.74) is 0. The average Bonchev–Trinajstić information content (AvgIpc) is 2.79. The molecule has 1 aromatic rings. The first-order chi connectivity index (χ1) is 7.36. The van der Waals surface area contributed by atoms with Gasteiger partial charge in [-0.1, -0.05) is 5.16 Å². The highest BCUT2D eigenvalue weighted by atomic mass is 16.5. The summed E-state index contributed by atoms with van der Waals surface area (Å²) in [7, 11) is 0. The van der Waals surface area contributed by atoms with Gasteiger partial charge in [0.25, 0.3) is 5.89 Å². The molecule has 6 heteroatoms. The smallest absolute Gasteiger partial charge is 0.290 e. The Morgan fingerprint density at radius 2 is 2.13 bits per heavy atom. The molecule has 0 radical (unpaired) electrons. The van der Waals surface area contributed by atoms with Crippen LogP contribution >= 0.6 is 0 Å². The predicted molar refractivity (Wildman–Crippen MR) is 50.4 cm³/mol. The van der Waals surface area contributed by atoms with Crippen molar-refractivity contribution < 1.29 is 9.32 Å². The molecule has 0 aliphatic carbocycles. The first-order valence-electron chi connectivity index (χ1n) is 5.12. The van der Waals surface area contributed by atoms with Crippen molar-refractivity contribution in [2.45, 2.75) is 6.04 Å². The Morgan fingerprint density at radius 3 is 2.67 bits per heavy atom. The molecule has 0 aromatic carbocycles. The van der Waals surface area contributed by atoms with E-state index in [0.29, 0.717) is 12.1 Å². The number of carbonyl (C=O) groups excluding carboxylic acids is 1. The molecule has 1 unspecified atom stereocenters. The SMILES string of the molecule is O=Cc1nc(C2CN3CCN2CC3)no1. The van der Waals surface area contributed by atoms with E-state index in [1.807, 2.05) is 0 Å². The molecule has 3 aliphatic rings. The number of hydrogen-bond donors (Lipinski definition) is 0. The first kappa shape index (κ1) is 8.99. The Morgan fingerprint density at radius 1 is 1.33 bits per heavy atom. The fourth-order valence-electron chi connectivity index (χ4n) is 2.29. The molecule has 0 spiro atoms. The molecule has 0 saturated carbocycles. The largest absolute Gasteiger partial charge is 0.331 e. The summed E-state index contributed by atoms with van der Waals surface area (Å²) in [6, 6.07) is 0.199. The lowest BCUT2D eigenvalue weighted by Crippen LogP contribution is -2.57. The normalized spacial score (nSPS) is 34.3. The van der Waals surface area contributed by atoms with Gasteiger partial charge in [-0.3, -0.25) is 14.6 Å². The molecule has 3 aliphatic heterocycles. The van der Waals surface area contributed by atoms with Crippen LogP contribution in [0, 0.1) is 0 Å². The van der Waals surface area contributed by atoms with Crippen LogP contribution in [0.3, 0.4) is 0 Å². The molecule has 0 N–H and O–H groups in total. The molecule has 4 rings (SSSR count). The van der Waals surface area contributed by atoms with Crippen LogP contribution in [0.4, 0.5) is 0 Å². The standard InChI is InChI=1S/C9H12N4O2/c14-6-8-10-9(11-15-8)7-5-12-1-3-13(7)4-2-12/h6-7H,1-5H2. The van der Waals surface area contributed by atoms with Gasteiger partial charge in [-0.2, -0.15) is 4.98 Å². The summed E-state index contributed by atoms with van der Waals surface area (Å²) in [6.07, 6.45) is 0.590. The van der Waals surface area contributed by atoms with E-state index >= 15 is 0 Å². The van der Waals surface area contributed by atoms with Gasteiger partial charge in [0, 0.05) is 32.7 Å². The van der Waals surface area contributed by atoms with Crippen molar-refractivity contribution in [1.82, 2.24) is 19.9 Å². The van der Waals surface area contributed by atoms with Crippen LogP contribution in [-0.4, -0.2) is 59.0 Å².